The monoisotopic (exact) mass is 613 g/mol. The van der Waals surface area contributed by atoms with Gasteiger partial charge in [0.05, 0.1) is 0 Å². The van der Waals surface area contributed by atoms with E-state index in [4.69, 9.17) is 15.0 Å². The molecule has 0 radical (unpaired) electrons. The quantitative estimate of drug-likeness (QED) is 0.179. The van der Waals surface area contributed by atoms with Crippen LogP contribution in [0.5, 0.6) is 0 Å². The van der Waals surface area contributed by atoms with E-state index in [1.54, 1.807) is 0 Å². The maximum Gasteiger partial charge on any atom is 0.164 e. The lowest BCUT2D eigenvalue weighted by Gasteiger charge is -2.13. The Labute approximate surface area is 280 Å². The fraction of sp³-hybridized carbons (Fsp3) is 0. The Balaban J connectivity index is 1.23. The highest BCUT2D eigenvalue weighted by atomic mass is 15.0. The van der Waals surface area contributed by atoms with Gasteiger partial charge in [0.1, 0.15) is 0 Å². The Morgan fingerprint density at radius 3 is 1.12 bits per heavy atom. The summed E-state index contributed by atoms with van der Waals surface area (Å²) in [6.07, 6.45) is 0. The fourth-order valence-corrected chi connectivity index (χ4v) is 6.09. The average molecular weight is 614 g/mol. The molecular formula is C45H31N3. The van der Waals surface area contributed by atoms with Crippen LogP contribution in [0.3, 0.4) is 0 Å². The molecule has 8 aromatic rings. The van der Waals surface area contributed by atoms with Crippen LogP contribution < -0.4 is 0 Å². The van der Waals surface area contributed by atoms with Crippen LogP contribution in [0.2, 0.25) is 0 Å². The predicted octanol–water partition coefficient (Wildman–Crippen LogP) is 11.5. The highest BCUT2D eigenvalue weighted by Crippen LogP contribution is 2.34. The van der Waals surface area contributed by atoms with Crippen molar-refractivity contribution in [1.29, 1.82) is 0 Å². The molecule has 0 spiro atoms. The molecule has 3 heteroatoms. The second-order valence-corrected chi connectivity index (χ2v) is 11.7. The van der Waals surface area contributed by atoms with E-state index in [1.165, 1.54) is 11.1 Å². The molecule has 0 N–H and O–H groups in total. The molecule has 0 aliphatic carbocycles. The molecule has 1 heterocycles. The molecule has 0 saturated carbocycles. The Kier molecular flexibility index (Phi) is 7.92. The second-order valence-electron chi connectivity index (χ2n) is 11.7. The number of nitrogens with zero attached hydrogens (tertiary/aromatic N) is 3. The Hall–Kier alpha value is -6.45. The highest BCUT2D eigenvalue weighted by Gasteiger charge is 2.16. The summed E-state index contributed by atoms with van der Waals surface area (Å²) >= 11 is 0. The van der Waals surface area contributed by atoms with Gasteiger partial charge in [-0.3, -0.25) is 0 Å². The fourth-order valence-electron chi connectivity index (χ4n) is 6.09. The van der Waals surface area contributed by atoms with Crippen LogP contribution in [0, 0.1) is 0 Å². The molecule has 0 unspecified atom stereocenters. The van der Waals surface area contributed by atoms with Gasteiger partial charge in [-0.05, 0) is 56.6 Å². The zero-order valence-electron chi connectivity index (χ0n) is 26.2. The molecule has 0 aliphatic heterocycles. The molecule has 48 heavy (non-hydrogen) atoms. The number of aromatic nitrogens is 3. The number of hydrogen-bond acceptors (Lipinski definition) is 3. The minimum absolute atomic E-state index is 0.632. The summed E-state index contributed by atoms with van der Waals surface area (Å²) in [6, 6.07) is 65.2. The molecule has 0 fully saturated rings. The van der Waals surface area contributed by atoms with E-state index in [9.17, 15) is 0 Å². The van der Waals surface area contributed by atoms with Crippen molar-refractivity contribution < 1.29 is 0 Å². The van der Waals surface area contributed by atoms with Gasteiger partial charge >= 0.3 is 0 Å². The third-order valence-electron chi connectivity index (χ3n) is 8.56. The lowest BCUT2D eigenvalue weighted by Crippen LogP contribution is -2.01. The molecule has 0 saturated heterocycles. The molecule has 0 bridgehead atoms. The first-order valence-electron chi connectivity index (χ1n) is 16.1. The summed E-state index contributed by atoms with van der Waals surface area (Å²) in [5, 5.41) is 0. The van der Waals surface area contributed by atoms with Gasteiger partial charge < -0.3 is 0 Å². The van der Waals surface area contributed by atoms with Crippen molar-refractivity contribution in [3.05, 3.63) is 188 Å². The SMILES string of the molecule is c1ccc(-c2cccc(-c3ccc(-c4nc(-c5cccc(-c6ccccc6)c5)nc(-c5ccccc5-c5ccccc5)n4)cc3)c2)cc1. The summed E-state index contributed by atoms with van der Waals surface area (Å²) < 4.78 is 0. The van der Waals surface area contributed by atoms with Crippen LogP contribution in [-0.2, 0) is 0 Å². The van der Waals surface area contributed by atoms with Crippen LogP contribution in [0.25, 0.3) is 78.7 Å². The van der Waals surface area contributed by atoms with Gasteiger partial charge in [-0.1, -0.05) is 176 Å². The summed E-state index contributed by atoms with van der Waals surface area (Å²) in [7, 11) is 0. The van der Waals surface area contributed by atoms with E-state index in [-0.39, 0.29) is 0 Å². The smallest absolute Gasteiger partial charge is 0.164 e. The van der Waals surface area contributed by atoms with Crippen molar-refractivity contribution in [3.63, 3.8) is 0 Å². The van der Waals surface area contributed by atoms with Crippen molar-refractivity contribution >= 4 is 0 Å². The Morgan fingerprint density at radius 2 is 0.562 bits per heavy atom. The molecule has 0 aliphatic rings. The van der Waals surface area contributed by atoms with Crippen molar-refractivity contribution in [2.24, 2.45) is 0 Å². The van der Waals surface area contributed by atoms with Crippen molar-refractivity contribution in [3.8, 4) is 78.7 Å². The highest BCUT2D eigenvalue weighted by molar-refractivity contribution is 5.82. The van der Waals surface area contributed by atoms with Gasteiger partial charge in [0, 0.05) is 16.7 Å². The van der Waals surface area contributed by atoms with Gasteiger partial charge in [0.25, 0.3) is 0 Å². The minimum Gasteiger partial charge on any atom is -0.208 e. The second kappa shape index (κ2) is 13.1. The van der Waals surface area contributed by atoms with Gasteiger partial charge in [-0.15, -0.1) is 0 Å². The zero-order chi connectivity index (χ0) is 32.1. The maximum absolute atomic E-state index is 5.10. The summed E-state index contributed by atoms with van der Waals surface area (Å²) in [4.78, 5) is 15.3. The van der Waals surface area contributed by atoms with Gasteiger partial charge in [-0.25, -0.2) is 15.0 Å². The van der Waals surface area contributed by atoms with E-state index < -0.39 is 0 Å². The molecule has 1 aromatic heterocycles. The predicted molar refractivity (Wildman–Crippen MR) is 198 cm³/mol. The average Bonchev–Trinajstić information content (AvgIpc) is 3.19. The van der Waals surface area contributed by atoms with Crippen LogP contribution in [0.15, 0.2) is 188 Å². The molecule has 0 atom stereocenters. The number of benzene rings is 7. The third kappa shape index (κ3) is 6.05. The van der Waals surface area contributed by atoms with Crippen LogP contribution in [-0.4, -0.2) is 15.0 Å². The van der Waals surface area contributed by atoms with E-state index >= 15 is 0 Å². The summed E-state index contributed by atoms with van der Waals surface area (Å²) in [5.74, 6) is 1.90. The lowest BCUT2D eigenvalue weighted by atomic mass is 9.98. The molecular weight excluding hydrogens is 583 g/mol. The number of rotatable bonds is 7. The standard InChI is InChI=1S/C45H31N3/c1-4-14-32(15-5-1)37-20-12-21-38(30-37)34-26-28-36(29-27-34)43-46-44(40-23-13-22-39(31-40)33-16-6-2-7-17-33)48-45(47-43)42-25-11-10-24-41(42)35-18-8-3-9-19-35/h1-31H. The summed E-state index contributed by atoms with van der Waals surface area (Å²) in [5.41, 5.74) is 12.0. The van der Waals surface area contributed by atoms with E-state index in [2.05, 4.69) is 164 Å². The third-order valence-corrected chi connectivity index (χ3v) is 8.56. The maximum atomic E-state index is 5.10. The topological polar surface area (TPSA) is 38.7 Å². The first-order valence-corrected chi connectivity index (χ1v) is 16.1. The molecule has 226 valence electrons. The minimum atomic E-state index is 0.632. The first-order chi connectivity index (χ1) is 23.8. The van der Waals surface area contributed by atoms with E-state index in [1.807, 2.05) is 24.3 Å². The largest absolute Gasteiger partial charge is 0.208 e. The van der Waals surface area contributed by atoms with Gasteiger partial charge in [-0.2, -0.15) is 0 Å². The lowest BCUT2D eigenvalue weighted by molar-refractivity contribution is 1.07. The number of hydrogen-bond donors (Lipinski definition) is 0. The summed E-state index contributed by atoms with van der Waals surface area (Å²) in [6.45, 7) is 0. The van der Waals surface area contributed by atoms with E-state index in [0.29, 0.717) is 17.5 Å². The van der Waals surface area contributed by atoms with Crippen LogP contribution in [0.1, 0.15) is 0 Å². The molecule has 3 nitrogen and oxygen atoms in total. The first kappa shape index (κ1) is 29.0. The normalized spacial score (nSPS) is 10.9. The Bertz CT molecular complexity index is 2310. The van der Waals surface area contributed by atoms with Crippen molar-refractivity contribution in [2.45, 2.75) is 0 Å². The van der Waals surface area contributed by atoms with Crippen LogP contribution in [0.4, 0.5) is 0 Å². The van der Waals surface area contributed by atoms with Crippen LogP contribution >= 0.6 is 0 Å². The van der Waals surface area contributed by atoms with Gasteiger partial charge in [0.2, 0.25) is 0 Å². The van der Waals surface area contributed by atoms with E-state index in [0.717, 1.165) is 50.1 Å². The molecule has 8 rings (SSSR count). The van der Waals surface area contributed by atoms with Crippen molar-refractivity contribution in [1.82, 2.24) is 15.0 Å². The van der Waals surface area contributed by atoms with Crippen molar-refractivity contribution in [2.75, 3.05) is 0 Å². The molecule has 0 amide bonds. The van der Waals surface area contributed by atoms with Gasteiger partial charge in [0.15, 0.2) is 17.5 Å². The Morgan fingerprint density at radius 1 is 0.208 bits per heavy atom. The zero-order valence-corrected chi connectivity index (χ0v) is 26.2. The molecule has 7 aromatic carbocycles.